The topological polar surface area (TPSA) is 62.4 Å². The third kappa shape index (κ3) is 5.99. The van der Waals surface area contributed by atoms with Crippen molar-refractivity contribution in [1.29, 1.82) is 0 Å². The lowest BCUT2D eigenvalue weighted by Gasteiger charge is -2.12. The maximum atomic E-state index is 11.8. The van der Waals surface area contributed by atoms with Gasteiger partial charge in [-0.05, 0) is 30.3 Å². The van der Waals surface area contributed by atoms with Crippen molar-refractivity contribution in [2.45, 2.75) is 13.3 Å². The molecule has 0 atom stereocenters. The molecule has 110 valence electrons. The number of anilines is 1. The first-order chi connectivity index (χ1) is 9.67. The monoisotopic (exact) mass is 295 g/mol. The Kier molecular flexibility index (Phi) is 7.60. The number of hydrogen-bond acceptors (Lipinski definition) is 3. The maximum Gasteiger partial charge on any atom is 0.243 e. The van der Waals surface area contributed by atoms with Crippen LogP contribution in [0, 0.1) is 0 Å². The van der Waals surface area contributed by atoms with E-state index >= 15 is 0 Å². The molecule has 1 aromatic rings. The molecule has 0 unspecified atom stereocenters. The van der Waals surface area contributed by atoms with Gasteiger partial charge < -0.3 is 20.7 Å². The van der Waals surface area contributed by atoms with Gasteiger partial charge in [-0.1, -0.05) is 25.1 Å². The average molecular weight is 295 g/mol. The highest BCUT2D eigenvalue weighted by Crippen LogP contribution is 2.14. The summed E-state index contributed by atoms with van der Waals surface area (Å²) in [6.45, 7) is 3.37. The lowest BCUT2D eigenvalue weighted by Crippen LogP contribution is -2.41. The quantitative estimate of drug-likeness (QED) is 0.523. The zero-order valence-electron chi connectivity index (χ0n) is 11.9. The minimum absolute atomic E-state index is 0.123. The number of amides is 1. The van der Waals surface area contributed by atoms with Gasteiger partial charge in [-0.2, -0.15) is 0 Å². The predicted octanol–water partition coefficient (Wildman–Crippen LogP) is 1.30. The molecular weight excluding hydrogens is 274 g/mol. The van der Waals surface area contributed by atoms with Crippen LogP contribution in [0.25, 0.3) is 0 Å². The summed E-state index contributed by atoms with van der Waals surface area (Å²) >= 11 is 5.04. The molecule has 3 N–H and O–H groups in total. The van der Waals surface area contributed by atoms with Crippen LogP contribution >= 0.6 is 12.2 Å². The van der Waals surface area contributed by atoms with Crippen LogP contribution in [0.15, 0.2) is 24.3 Å². The summed E-state index contributed by atoms with van der Waals surface area (Å²) in [6, 6.07) is 7.76. The molecule has 0 aliphatic rings. The molecule has 6 heteroatoms. The highest BCUT2D eigenvalue weighted by molar-refractivity contribution is 7.80. The van der Waals surface area contributed by atoms with Gasteiger partial charge >= 0.3 is 0 Å². The fourth-order valence-corrected chi connectivity index (χ4v) is 1.81. The zero-order chi connectivity index (χ0) is 14.8. The number of rotatable bonds is 7. The SMILES string of the molecule is CCc1ccccc1NC(=O)CNC(=S)NCCOC. The molecule has 0 aromatic heterocycles. The first-order valence-corrected chi connectivity index (χ1v) is 6.96. The van der Waals surface area contributed by atoms with Crippen molar-refractivity contribution in [2.75, 3.05) is 32.1 Å². The lowest BCUT2D eigenvalue weighted by atomic mass is 10.1. The third-order valence-electron chi connectivity index (χ3n) is 2.67. The Balaban J connectivity index is 2.35. The molecule has 0 aliphatic carbocycles. The number of hydrogen-bond donors (Lipinski definition) is 3. The smallest absolute Gasteiger partial charge is 0.243 e. The van der Waals surface area contributed by atoms with E-state index in [4.69, 9.17) is 17.0 Å². The molecule has 20 heavy (non-hydrogen) atoms. The van der Waals surface area contributed by atoms with Crippen LogP contribution in [-0.4, -0.2) is 37.8 Å². The summed E-state index contributed by atoms with van der Waals surface area (Å²) in [6.07, 6.45) is 0.876. The summed E-state index contributed by atoms with van der Waals surface area (Å²) in [5.74, 6) is -0.123. The number of carbonyl (C=O) groups excluding carboxylic acids is 1. The summed E-state index contributed by atoms with van der Waals surface area (Å²) in [7, 11) is 1.62. The Hall–Kier alpha value is -1.66. The van der Waals surface area contributed by atoms with Crippen molar-refractivity contribution in [1.82, 2.24) is 10.6 Å². The fraction of sp³-hybridized carbons (Fsp3) is 0.429. The second-order valence-electron chi connectivity index (χ2n) is 4.16. The summed E-state index contributed by atoms with van der Waals surface area (Å²) in [5.41, 5.74) is 1.96. The second-order valence-corrected chi connectivity index (χ2v) is 4.57. The molecule has 0 bridgehead atoms. The number of nitrogens with one attached hydrogen (secondary N) is 3. The number of carbonyl (C=O) groups is 1. The summed E-state index contributed by atoms with van der Waals surface area (Å²) in [4.78, 5) is 11.8. The standard InChI is InChI=1S/C14H21N3O2S/c1-3-11-6-4-5-7-12(11)17-13(18)10-16-14(20)15-8-9-19-2/h4-7H,3,8-10H2,1-2H3,(H,17,18)(H2,15,16,20). The van der Waals surface area contributed by atoms with E-state index in [0.29, 0.717) is 18.3 Å². The largest absolute Gasteiger partial charge is 0.383 e. The molecule has 0 aliphatic heterocycles. The highest BCUT2D eigenvalue weighted by Gasteiger charge is 2.05. The number of methoxy groups -OCH3 is 1. The fourth-order valence-electron chi connectivity index (χ4n) is 1.63. The van der Waals surface area contributed by atoms with Gasteiger partial charge in [0, 0.05) is 19.3 Å². The number of aryl methyl sites for hydroxylation is 1. The minimum Gasteiger partial charge on any atom is -0.383 e. The number of ether oxygens (including phenoxy) is 1. The van der Waals surface area contributed by atoms with Gasteiger partial charge in [0.1, 0.15) is 0 Å². The van der Waals surface area contributed by atoms with E-state index in [-0.39, 0.29) is 12.5 Å². The van der Waals surface area contributed by atoms with Crippen molar-refractivity contribution in [3.8, 4) is 0 Å². The molecular formula is C14H21N3O2S. The Morgan fingerprint density at radius 2 is 2.05 bits per heavy atom. The molecule has 5 nitrogen and oxygen atoms in total. The zero-order valence-corrected chi connectivity index (χ0v) is 12.7. The van der Waals surface area contributed by atoms with Crippen LogP contribution in [0.1, 0.15) is 12.5 Å². The van der Waals surface area contributed by atoms with Crippen LogP contribution in [0.5, 0.6) is 0 Å². The highest BCUT2D eigenvalue weighted by atomic mass is 32.1. The lowest BCUT2D eigenvalue weighted by molar-refractivity contribution is -0.115. The van der Waals surface area contributed by atoms with E-state index in [0.717, 1.165) is 17.7 Å². The predicted molar refractivity (Wildman–Crippen MR) is 84.9 cm³/mol. The first-order valence-electron chi connectivity index (χ1n) is 6.55. The molecule has 1 amide bonds. The first kappa shape index (κ1) is 16.4. The van der Waals surface area contributed by atoms with Gasteiger partial charge in [-0.3, -0.25) is 4.79 Å². The minimum atomic E-state index is -0.123. The van der Waals surface area contributed by atoms with Crippen molar-refractivity contribution in [2.24, 2.45) is 0 Å². The van der Waals surface area contributed by atoms with Crippen molar-refractivity contribution < 1.29 is 9.53 Å². The normalized spacial score (nSPS) is 9.90. The van der Waals surface area contributed by atoms with Crippen molar-refractivity contribution in [3.05, 3.63) is 29.8 Å². The third-order valence-corrected chi connectivity index (χ3v) is 2.96. The van der Waals surface area contributed by atoms with Crippen LogP contribution in [0.4, 0.5) is 5.69 Å². The van der Waals surface area contributed by atoms with E-state index in [9.17, 15) is 4.79 Å². The van der Waals surface area contributed by atoms with Gasteiger partial charge in [-0.25, -0.2) is 0 Å². The van der Waals surface area contributed by atoms with E-state index < -0.39 is 0 Å². The second kappa shape index (κ2) is 9.28. The number of thiocarbonyl (C=S) groups is 1. The van der Waals surface area contributed by atoms with Crippen LogP contribution in [0.2, 0.25) is 0 Å². The van der Waals surface area contributed by atoms with Crippen LogP contribution in [0.3, 0.4) is 0 Å². The Morgan fingerprint density at radius 3 is 2.75 bits per heavy atom. The Bertz CT molecular complexity index is 452. The molecule has 0 fully saturated rings. The van der Waals surface area contributed by atoms with E-state index in [1.165, 1.54) is 0 Å². The van der Waals surface area contributed by atoms with Crippen LogP contribution < -0.4 is 16.0 Å². The Labute approximate surface area is 125 Å². The molecule has 0 saturated heterocycles. The molecule has 1 aromatic carbocycles. The summed E-state index contributed by atoms with van der Waals surface area (Å²) < 4.78 is 4.89. The molecule has 0 saturated carbocycles. The van der Waals surface area contributed by atoms with Gasteiger partial charge in [0.05, 0.1) is 13.2 Å². The Morgan fingerprint density at radius 1 is 1.30 bits per heavy atom. The van der Waals surface area contributed by atoms with E-state index in [1.807, 2.05) is 24.3 Å². The van der Waals surface area contributed by atoms with Gasteiger partial charge in [-0.15, -0.1) is 0 Å². The molecule has 0 radical (unpaired) electrons. The van der Waals surface area contributed by atoms with E-state index in [2.05, 4.69) is 22.9 Å². The van der Waals surface area contributed by atoms with Crippen molar-refractivity contribution >= 4 is 28.9 Å². The molecule has 1 rings (SSSR count). The van der Waals surface area contributed by atoms with Crippen LogP contribution in [-0.2, 0) is 16.0 Å². The molecule has 0 spiro atoms. The van der Waals surface area contributed by atoms with E-state index in [1.54, 1.807) is 7.11 Å². The maximum absolute atomic E-state index is 11.8. The van der Waals surface area contributed by atoms with Crippen molar-refractivity contribution in [3.63, 3.8) is 0 Å². The average Bonchev–Trinajstić information content (AvgIpc) is 2.46. The number of benzene rings is 1. The summed E-state index contributed by atoms with van der Waals surface area (Å²) in [5, 5.41) is 9.11. The van der Waals surface area contributed by atoms with Gasteiger partial charge in [0.2, 0.25) is 5.91 Å². The van der Waals surface area contributed by atoms with Gasteiger partial charge in [0.25, 0.3) is 0 Å². The number of para-hydroxylation sites is 1. The van der Waals surface area contributed by atoms with Gasteiger partial charge in [0.15, 0.2) is 5.11 Å². The molecule has 0 heterocycles.